The number of carboxylic acids is 1. The first-order chi connectivity index (χ1) is 12.0. The van der Waals surface area contributed by atoms with Gasteiger partial charge in [0.15, 0.2) is 0 Å². The lowest BCUT2D eigenvalue weighted by molar-refractivity contribution is -0.149. The largest absolute Gasteiger partial charge is 0.480 e. The van der Waals surface area contributed by atoms with Crippen LogP contribution in [0, 0.1) is 11.8 Å². The molecule has 0 bridgehead atoms. The number of ether oxygens (including phenoxy) is 1. The Labute approximate surface area is 145 Å². The predicted molar refractivity (Wildman–Crippen MR) is 84.3 cm³/mol. The number of esters is 1. The van der Waals surface area contributed by atoms with Crippen LogP contribution >= 0.6 is 0 Å². The average molecular weight is 353 g/mol. The zero-order valence-electron chi connectivity index (χ0n) is 14.1. The zero-order chi connectivity index (χ0) is 18.1. The van der Waals surface area contributed by atoms with E-state index in [1.54, 1.807) is 0 Å². The fourth-order valence-electron chi connectivity index (χ4n) is 3.88. The smallest absolute Gasteiger partial charge is 0.326 e. The summed E-state index contributed by atoms with van der Waals surface area (Å²) in [4.78, 5) is 49.6. The molecule has 25 heavy (non-hydrogen) atoms. The topological polar surface area (TPSA) is 125 Å². The first-order valence-electron chi connectivity index (χ1n) is 8.60. The van der Waals surface area contributed by atoms with Gasteiger partial charge in [0, 0.05) is 6.54 Å². The lowest BCUT2D eigenvalue weighted by Crippen LogP contribution is -2.44. The van der Waals surface area contributed by atoms with E-state index < -0.39 is 41.8 Å². The Hall–Kier alpha value is -2.16. The summed E-state index contributed by atoms with van der Waals surface area (Å²) in [7, 11) is 1.23. The van der Waals surface area contributed by atoms with E-state index in [1.165, 1.54) is 12.0 Å². The third-order valence-corrected chi connectivity index (χ3v) is 5.28. The van der Waals surface area contributed by atoms with E-state index in [9.17, 15) is 24.3 Å². The van der Waals surface area contributed by atoms with Crippen LogP contribution < -0.4 is 10.6 Å². The minimum atomic E-state index is -1.04. The number of carbonyl (C=O) groups is 4. The molecule has 5 atom stereocenters. The molecular weight excluding hydrogens is 330 g/mol. The van der Waals surface area contributed by atoms with Crippen molar-refractivity contribution in [1.82, 2.24) is 15.5 Å². The summed E-state index contributed by atoms with van der Waals surface area (Å²) in [5.74, 6) is -3.74. The molecule has 0 aromatic rings. The third kappa shape index (κ3) is 3.33. The molecule has 0 radical (unpaired) electrons. The molecule has 9 heteroatoms. The van der Waals surface area contributed by atoms with Crippen molar-refractivity contribution < 1.29 is 29.0 Å². The number of carbonyl (C=O) groups excluding carboxylic acids is 3. The molecule has 2 amide bonds. The van der Waals surface area contributed by atoms with Gasteiger partial charge in [0.05, 0.1) is 31.0 Å². The van der Waals surface area contributed by atoms with Crippen molar-refractivity contribution in [2.45, 2.75) is 43.8 Å². The van der Waals surface area contributed by atoms with Gasteiger partial charge in [0.2, 0.25) is 11.8 Å². The molecule has 1 aliphatic carbocycles. The van der Waals surface area contributed by atoms with Gasteiger partial charge in [-0.2, -0.15) is 0 Å². The van der Waals surface area contributed by atoms with E-state index in [4.69, 9.17) is 4.74 Å². The van der Waals surface area contributed by atoms with Crippen molar-refractivity contribution in [3.63, 3.8) is 0 Å². The molecule has 3 aliphatic rings. The second-order valence-corrected chi connectivity index (χ2v) is 6.79. The SMILES string of the molecule is COC(=O)[C@H]1[C@H](NC(=O)[C@@H]2CCCN2)[C@@H]1C(=O)N1CCC[C@H]1C(=O)O. The van der Waals surface area contributed by atoms with Crippen LogP contribution in [0.5, 0.6) is 0 Å². The van der Waals surface area contributed by atoms with Gasteiger partial charge < -0.3 is 25.4 Å². The first kappa shape index (κ1) is 17.7. The minimum Gasteiger partial charge on any atom is -0.480 e. The lowest BCUT2D eigenvalue weighted by Gasteiger charge is -2.21. The van der Waals surface area contributed by atoms with Crippen LogP contribution in [0.4, 0.5) is 0 Å². The van der Waals surface area contributed by atoms with E-state index in [0.29, 0.717) is 25.8 Å². The van der Waals surface area contributed by atoms with E-state index in [0.717, 1.165) is 13.0 Å². The highest BCUT2D eigenvalue weighted by Crippen LogP contribution is 2.43. The maximum Gasteiger partial charge on any atom is 0.326 e. The van der Waals surface area contributed by atoms with Crippen LogP contribution in [0.25, 0.3) is 0 Å². The summed E-state index contributed by atoms with van der Waals surface area (Å²) in [5, 5.41) is 15.1. The second-order valence-electron chi connectivity index (χ2n) is 6.79. The monoisotopic (exact) mass is 353 g/mol. The van der Waals surface area contributed by atoms with E-state index in [1.807, 2.05) is 0 Å². The third-order valence-electron chi connectivity index (χ3n) is 5.28. The van der Waals surface area contributed by atoms with E-state index in [-0.39, 0.29) is 11.9 Å². The van der Waals surface area contributed by atoms with Gasteiger partial charge in [-0.15, -0.1) is 0 Å². The molecule has 2 aliphatic heterocycles. The Kier molecular flexibility index (Phi) is 4.94. The quantitative estimate of drug-likeness (QED) is 0.526. The predicted octanol–water partition coefficient (Wildman–Crippen LogP) is -1.28. The molecule has 0 aromatic carbocycles. The van der Waals surface area contributed by atoms with Crippen molar-refractivity contribution in [2.24, 2.45) is 11.8 Å². The summed E-state index contributed by atoms with van der Waals surface area (Å²) in [6.45, 7) is 1.12. The Morgan fingerprint density at radius 3 is 2.52 bits per heavy atom. The Morgan fingerprint density at radius 1 is 1.16 bits per heavy atom. The first-order valence-corrected chi connectivity index (χ1v) is 8.60. The number of likely N-dealkylation sites (tertiary alicyclic amines) is 1. The summed E-state index contributed by atoms with van der Waals surface area (Å²) in [6.07, 6.45) is 2.63. The number of aliphatic carboxylic acids is 1. The lowest BCUT2D eigenvalue weighted by atomic mass is 10.2. The van der Waals surface area contributed by atoms with Crippen LogP contribution in [0.1, 0.15) is 25.7 Å². The summed E-state index contributed by atoms with van der Waals surface area (Å²) >= 11 is 0. The molecule has 0 spiro atoms. The van der Waals surface area contributed by atoms with Crippen molar-refractivity contribution in [1.29, 1.82) is 0 Å². The van der Waals surface area contributed by atoms with Crippen molar-refractivity contribution >= 4 is 23.8 Å². The molecule has 2 saturated heterocycles. The van der Waals surface area contributed by atoms with Crippen LogP contribution in [0.3, 0.4) is 0 Å². The Morgan fingerprint density at radius 2 is 1.92 bits per heavy atom. The maximum absolute atomic E-state index is 12.8. The van der Waals surface area contributed by atoms with E-state index >= 15 is 0 Å². The van der Waals surface area contributed by atoms with Crippen LogP contribution in [0.2, 0.25) is 0 Å². The fourth-order valence-corrected chi connectivity index (χ4v) is 3.88. The highest BCUT2D eigenvalue weighted by atomic mass is 16.5. The Bertz CT molecular complexity index is 588. The fraction of sp³-hybridized carbons (Fsp3) is 0.750. The summed E-state index contributed by atoms with van der Waals surface area (Å²) in [5.41, 5.74) is 0. The number of hydrogen-bond donors (Lipinski definition) is 3. The van der Waals surface area contributed by atoms with E-state index in [2.05, 4.69) is 10.6 Å². The zero-order valence-corrected chi connectivity index (χ0v) is 14.1. The summed E-state index contributed by atoms with van der Waals surface area (Å²) < 4.78 is 4.74. The van der Waals surface area contributed by atoms with Crippen molar-refractivity contribution in [3.05, 3.63) is 0 Å². The van der Waals surface area contributed by atoms with Crippen LogP contribution in [0.15, 0.2) is 0 Å². The highest BCUT2D eigenvalue weighted by Gasteiger charge is 2.62. The molecule has 3 rings (SSSR count). The van der Waals surface area contributed by atoms with Crippen LogP contribution in [-0.2, 0) is 23.9 Å². The van der Waals surface area contributed by atoms with Gasteiger partial charge in [-0.25, -0.2) is 4.79 Å². The van der Waals surface area contributed by atoms with Gasteiger partial charge in [0.25, 0.3) is 0 Å². The van der Waals surface area contributed by atoms with Gasteiger partial charge >= 0.3 is 11.9 Å². The molecule has 1 saturated carbocycles. The number of amides is 2. The number of nitrogens with zero attached hydrogens (tertiary/aromatic N) is 1. The molecular formula is C16H23N3O6. The number of hydrogen-bond acceptors (Lipinski definition) is 6. The van der Waals surface area contributed by atoms with Gasteiger partial charge in [-0.1, -0.05) is 0 Å². The highest BCUT2D eigenvalue weighted by molar-refractivity contribution is 5.96. The molecule has 2 heterocycles. The number of nitrogens with one attached hydrogen (secondary N) is 2. The minimum absolute atomic E-state index is 0.233. The number of carboxylic acid groups (broad SMARTS) is 1. The molecule has 0 aromatic heterocycles. The number of methoxy groups -OCH3 is 1. The summed E-state index contributed by atoms with van der Waals surface area (Å²) in [6, 6.07) is -1.81. The Balaban J connectivity index is 1.69. The molecule has 0 unspecified atom stereocenters. The standard InChI is InChI=1S/C16H23N3O6/c1-25-16(24)11-10(12(11)18-13(20)8-4-2-6-17-8)14(21)19-7-3-5-9(19)15(22)23/h8-12,17H,2-7H2,1H3,(H,18,20)(H,22,23)/t8-,9-,10+,11+,12+/m0/s1. The normalized spacial score (nSPS) is 33.8. The van der Waals surface area contributed by atoms with Crippen molar-refractivity contribution in [2.75, 3.05) is 20.2 Å². The van der Waals surface area contributed by atoms with Gasteiger partial charge in [-0.3, -0.25) is 14.4 Å². The second kappa shape index (κ2) is 6.99. The van der Waals surface area contributed by atoms with Gasteiger partial charge in [0.1, 0.15) is 6.04 Å². The molecule has 3 fully saturated rings. The maximum atomic E-state index is 12.8. The van der Waals surface area contributed by atoms with Gasteiger partial charge in [-0.05, 0) is 32.2 Å². The molecule has 3 N–H and O–H groups in total. The van der Waals surface area contributed by atoms with Crippen LogP contribution in [-0.4, -0.2) is 72.1 Å². The molecule has 138 valence electrons. The molecule has 9 nitrogen and oxygen atoms in total. The number of rotatable bonds is 5. The van der Waals surface area contributed by atoms with Crippen molar-refractivity contribution in [3.8, 4) is 0 Å². The average Bonchev–Trinajstić information content (AvgIpc) is 3.04.